The van der Waals surface area contributed by atoms with Crippen molar-refractivity contribution in [3.63, 3.8) is 0 Å². The number of hydrogen-bond donors (Lipinski definition) is 1. The van der Waals surface area contributed by atoms with Gasteiger partial charge in [0.05, 0.1) is 30.9 Å². The third-order valence-corrected chi connectivity index (χ3v) is 7.79. The van der Waals surface area contributed by atoms with Crippen LogP contribution < -0.4 is 14.8 Å². The van der Waals surface area contributed by atoms with Crippen LogP contribution in [0, 0.1) is 17.3 Å². The molecule has 8 nitrogen and oxygen atoms in total. The Balaban J connectivity index is 1.49. The monoisotopic (exact) mass is 458 g/mol. The average molecular weight is 459 g/mol. The van der Waals surface area contributed by atoms with Crippen LogP contribution in [0.3, 0.4) is 0 Å². The van der Waals surface area contributed by atoms with Crippen molar-refractivity contribution >= 4 is 29.0 Å². The highest BCUT2D eigenvalue weighted by Gasteiger charge is 2.61. The molecule has 0 saturated heterocycles. The van der Waals surface area contributed by atoms with Crippen LogP contribution >= 0.6 is 11.6 Å². The number of aromatic nitrogens is 3. The molecule has 4 atom stereocenters. The number of anilines is 1. The van der Waals surface area contributed by atoms with Gasteiger partial charge in [0.1, 0.15) is 6.33 Å². The fourth-order valence-electron chi connectivity index (χ4n) is 6.75. The minimum Gasteiger partial charge on any atom is -0.493 e. The topological polar surface area (TPSA) is 95.3 Å². The maximum Gasteiger partial charge on any atom is 0.242 e. The van der Waals surface area contributed by atoms with Crippen molar-refractivity contribution in [3.8, 4) is 11.5 Å². The molecule has 4 aliphatic rings. The molecule has 1 aromatic carbocycles. The standard InChI is InChI=1S/C23H27ClN4O4/c1-13(29)16-5-18(31-2)19(32-3)6-17(16)26-20(30)22-7-14-4-15(8-22)10-23(9-14,11-22)28-12-25-21(24)27-28/h5-6,12,14-15H,4,7-11H2,1-3H3,(H,26,30)/t14-,15+,22?,23?. The van der Waals surface area contributed by atoms with E-state index in [2.05, 4.69) is 15.4 Å². The lowest BCUT2D eigenvalue weighted by Gasteiger charge is -2.60. The highest BCUT2D eigenvalue weighted by atomic mass is 35.5. The molecule has 1 N–H and O–H groups in total. The molecule has 6 rings (SSSR count). The average Bonchev–Trinajstić information content (AvgIpc) is 3.19. The number of carbonyl (C=O) groups is 2. The van der Waals surface area contributed by atoms with Crippen LogP contribution in [-0.4, -0.2) is 40.7 Å². The number of hydrogen-bond acceptors (Lipinski definition) is 6. The maximum absolute atomic E-state index is 13.8. The van der Waals surface area contributed by atoms with Gasteiger partial charge in [-0.15, -0.1) is 5.10 Å². The van der Waals surface area contributed by atoms with E-state index in [0.29, 0.717) is 41.0 Å². The number of nitrogens with one attached hydrogen (secondary N) is 1. The molecule has 0 spiro atoms. The van der Waals surface area contributed by atoms with Crippen LogP contribution in [0.15, 0.2) is 18.5 Å². The van der Waals surface area contributed by atoms with Gasteiger partial charge in [-0.2, -0.15) is 0 Å². The van der Waals surface area contributed by atoms with Crippen LogP contribution in [0.4, 0.5) is 5.69 Å². The summed E-state index contributed by atoms with van der Waals surface area (Å²) in [7, 11) is 3.05. The number of ketones is 1. The first-order valence-electron chi connectivity index (χ1n) is 10.9. The SMILES string of the molecule is COc1cc(NC(=O)C23C[C@H]4C[C@@H](C2)CC(n2cnc(Cl)n2)(C4)C3)c(C(C)=O)cc1OC. The first-order chi connectivity index (χ1) is 15.3. The van der Waals surface area contributed by atoms with Gasteiger partial charge in [0, 0.05) is 11.6 Å². The van der Waals surface area contributed by atoms with E-state index in [1.165, 1.54) is 21.1 Å². The molecule has 4 aliphatic carbocycles. The molecule has 2 aromatic rings. The molecule has 4 fully saturated rings. The summed E-state index contributed by atoms with van der Waals surface area (Å²) in [6, 6.07) is 3.29. The van der Waals surface area contributed by atoms with E-state index in [4.69, 9.17) is 21.1 Å². The number of methoxy groups -OCH3 is 2. The number of Topliss-reactive ketones (excluding diaryl/α,β-unsaturated/α-hetero) is 1. The van der Waals surface area contributed by atoms with Crippen LogP contribution in [0.5, 0.6) is 11.5 Å². The molecule has 2 unspecified atom stereocenters. The van der Waals surface area contributed by atoms with E-state index in [-0.39, 0.29) is 22.5 Å². The van der Waals surface area contributed by atoms with Crippen LogP contribution in [0.1, 0.15) is 55.8 Å². The number of rotatable bonds is 6. The summed E-state index contributed by atoms with van der Waals surface area (Å²) < 4.78 is 12.6. The maximum atomic E-state index is 13.8. The van der Waals surface area contributed by atoms with Gasteiger partial charge in [-0.3, -0.25) is 9.59 Å². The smallest absolute Gasteiger partial charge is 0.242 e. The summed E-state index contributed by atoms with van der Waals surface area (Å²) in [5, 5.41) is 7.73. The summed E-state index contributed by atoms with van der Waals surface area (Å²) >= 11 is 6.03. The lowest BCUT2D eigenvalue weighted by molar-refractivity contribution is -0.150. The molecule has 170 valence electrons. The van der Waals surface area contributed by atoms with Crippen molar-refractivity contribution in [1.29, 1.82) is 0 Å². The van der Waals surface area contributed by atoms with Gasteiger partial charge in [-0.25, -0.2) is 9.67 Å². The van der Waals surface area contributed by atoms with Gasteiger partial charge < -0.3 is 14.8 Å². The quantitative estimate of drug-likeness (QED) is 0.655. The Bertz CT molecular complexity index is 1080. The van der Waals surface area contributed by atoms with Gasteiger partial charge in [0.15, 0.2) is 17.3 Å². The molecule has 0 aliphatic heterocycles. The van der Waals surface area contributed by atoms with E-state index in [1.807, 2.05) is 4.68 Å². The largest absolute Gasteiger partial charge is 0.493 e. The number of carbonyl (C=O) groups excluding carboxylic acids is 2. The zero-order valence-corrected chi connectivity index (χ0v) is 19.2. The summed E-state index contributed by atoms with van der Waals surface area (Å²) in [6.07, 6.45) is 7.23. The zero-order chi connectivity index (χ0) is 22.7. The lowest BCUT2D eigenvalue weighted by atomic mass is 9.46. The van der Waals surface area contributed by atoms with E-state index in [0.717, 1.165) is 32.1 Å². The summed E-state index contributed by atoms with van der Waals surface area (Å²) in [4.78, 5) is 30.3. The third-order valence-electron chi connectivity index (χ3n) is 7.61. The van der Waals surface area contributed by atoms with Crippen molar-refractivity contribution in [3.05, 3.63) is 29.3 Å². The minimum atomic E-state index is -0.510. The second-order valence-corrected chi connectivity index (χ2v) is 10.0. The van der Waals surface area contributed by atoms with Crippen LogP contribution in [0.2, 0.25) is 5.28 Å². The second-order valence-electron chi connectivity index (χ2n) is 9.69. The Morgan fingerprint density at radius 3 is 2.34 bits per heavy atom. The van der Waals surface area contributed by atoms with Gasteiger partial charge in [0.25, 0.3) is 0 Å². The Morgan fingerprint density at radius 1 is 1.12 bits per heavy atom. The molecule has 1 heterocycles. The first-order valence-corrected chi connectivity index (χ1v) is 11.3. The first kappa shape index (κ1) is 21.2. The van der Waals surface area contributed by atoms with Crippen molar-refractivity contribution in [2.75, 3.05) is 19.5 Å². The summed E-state index contributed by atoms with van der Waals surface area (Å²) in [5.41, 5.74) is 0.110. The van der Waals surface area contributed by atoms with Crippen molar-refractivity contribution in [2.45, 2.75) is 51.0 Å². The Kier molecular flexibility index (Phi) is 4.96. The van der Waals surface area contributed by atoms with Crippen molar-refractivity contribution in [1.82, 2.24) is 14.8 Å². The van der Waals surface area contributed by atoms with Gasteiger partial charge in [0.2, 0.25) is 11.2 Å². The number of benzene rings is 1. The Hall–Kier alpha value is -2.61. The highest BCUT2D eigenvalue weighted by Crippen LogP contribution is 2.64. The lowest BCUT2D eigenvalue weighted by Crippen LogP contribution is -2.60. The Morgan fingerprint density at radius 2 is 1.78 bits per heavy atom. The fraction of sp³-hybridized carbons (Fsp3) is 0.565. The molecule has 1 amide bonds. The number of ether oxygens (including phenoxy) is 2. The molecule has 32 heavy (non-hydrogen) atoms. The summed E-state index contributed by atoms with van der Waals surface area (Å²) in [5.74, 6) is 1.64. The molecular formula is C23H27ClN4O4. The van der Waals surface area contributed by atoms with Gasteiger partial charge in [-0.1, -0.05) is 0 Å². The highest BCUT2D eigenvalue weighted by molar-refractivity contribution is 6.28. The predicted molar refractivity (Wildman–Crippen MR) is 118 cm³/mol. The van der Waals surface area contributed by atoms with E-state index in [9.17, 15) is 9.59 Å². The number of nitrogens with zero attached hydrogens (tertiary/aromatic N) is 3. The van der Waals surface area contributed by atoms with E-state index >= 15 is 0 Å². The predicted octanol–water partition coefficient (Wildman–Crippen LogP) is 4.09. The fourth-order valence-corrected chi connectivity index (χ4v) is 6.87. The molecule has 4 bridgehead atoms. The second kappa shape index (κ2) is 7.47. The number of halogens is 1. The van der Waals surface area contributed by atoms with E-state index < -0.39 is 5.41 Å². The molecule has 9 heteroatoms. The van der Waals surface area contributed by atoms with Crippen molar-refractivity contribution in [2.24, 2.45) is 17.3 Å². The van der Waals surface area contributed by atoms with Crippen LogP contribution in [-0.2, 0) is 10.3 Å². The van der Waals surface area contributed by atoms with Crippen molar-refractivity contribution < 1.29 is 19.1 Å². The van der Waals surface area contributed by atoms with Gasteiger partial charge in [-0.05, 0) is 75.0 Å². The number of amides is 1. The minimum absolute atomic E-state index is 0.0445. The van der Waals surface area contributed by atoms with Gasteiger partial charge >= 0.3 is 0 Å². The third kappa shape index (κ3) is 3.27. The van der Waals surface area contributed by atoms with Crippen LogP contribution in [0.25, 0.3) is 0 Å². The molecule has 0 radical (unpaired) electrons. The Labute approximate surface area is 191 Å². The molecule has 4 saturated carbocycles. The summed E-state index contributed by atoms with van der Waals surface area (Å²) in [6.45, 7) is 1.48. The van der Waals surface area contributed by atoms with E-state index in [1.54, 1.807) is 18.5 Å². The zero-order valence-electron chi connectivity index (χ0n) is 18.5. The molecule has 1 aromatic heterocycles. The normalized spacial score (nSPS) is 30.2. The molecular weight excluding hydrogens is 432 g/mol.